The lowest BCUT2D eigenvalue weighted by molar-refractivity contribution is -0.700. The van der Waals surface area contributed by atoms with Crippen LogP contribution in [0.5, 0.6) is 0 Å². The van der Waals surface area contributed by atoms with Gasteiger partial charge in [0.2, 0.25) is 0 Å². The number of nitrogens with zero attached hydrogens (tertiary/aromatic N) is 3. The van der Waals surface area contributed by atoms with Gasteiger partial charge < -0.3 is 5.21 Å². The third-order valence-corrected chi connectivity index (χ3v) is 4.14. The minimum absolute atomic E-state index is 0.111. The fourth-order valence-electron chi connectivity index (χ4n) is 2.88. The summed E-state index contributed by atoms with van der Waals surface area (Å²) in [5.41, 5.74) is 2.58. The minimum atomic E-state index is -0.111. The predicted molar refractivity (Wildman–Crippen MR) is 96.7 cm³/mol. The second-order valence-corrected chi connectivity index (χ2v) is 5.77. The van der Waals surface area contributed by atoms with Gasteiger partial charge in [-0.2, -0.15) is 0 Å². The van der Waals surface area contributed by atoms with Gasteiger partial charge in [0.25, 0.3) is 5.82 Å². The summed E-state index contributed by atoms with van der Waals surface area (Å²) >= 11 is 0. The maximum atomic E-state index is 12.8. The Hall–Kier alpha value is -3.15. The van der Waals surface area contributed by atoms with E-state index in [-0.39, 0.29) is 5.06 Å². The number of nitrogens with one attached hydrogen (secondary N) is 1. The maximum absolute atomic E-state index is 12.8. The highest BCUT2D eigenvalue weighted by Gasteiger charge is 2.16. The van der Waals surface area contributed by atoms with E-state index in [1.807, 2.05) is 54.6 Å². The van der Waals surface area contributed by atoms with Gasteiger partial charge in [-0.1, -0.05) is 41.5 Å². The van der Waals surface area contributed by atoms with Gasteiger partial charge in [-0.05, 0) is 35.9 Å². The topological polar surface area (TPSA) is 66.2 Å². The van der Waals surface area contributed by atoms with Crippen LogP contribution in [-0.4, -0.2) is 15.2 Å². The fraction of sp³-hybridized carbons (Fsp3) is 0.0500. The number of benzene rings is 2. The summed E-state index contributed by atoms with van der Waals surface area (Å²) in [6.45, 7) is 0. The van der Waals surface area contributed by atoms with Crippen molar-refractivity contribution in [2.75, 3.05) is 0 Å². The SMILES string of the molecule is [O-][NH+](c1ccccc1)c1nnc(Cc2ccncc2)c2ccccc12. The largest absolute Gasteiger partial charge is 0.622 e. The second-order valence-electron chi connectivity index (χ2n) is 5.77. The van der Waals surface area contributed by atoms with Crippen LogP contribution in [0.2, 0.25) is 0 Å². The molecule has 4 rings (SSSR count). The Bertz CT molecular complexity index is 990. The summed E-state index contributed by atoms with van der Waals surface area (Å²) in [5, 5.41) is 23.1. The molecule has 5 nitrogen and oxygen atoms in total. The van der Waals surface area contributed by atoms with Crippen molar-refractivity contribution in [2.24, 2.45) is 0 Å². The fourth-order valence-corrected chi connectivity index (χ4v) is 2.88. The zero-order valence-electron chi connectivity index (χ0n) is 13.5. The molecule has 1 N–H and O–H groups in total. The number of hydrogen-bond acceptors (Lipinski definition) is 4. The average Bonchev–Trinajstić information content (AvgIpc) is 2.69. The van der Waals surface area contributed by atoms with E-state index in [2.05, 4.69) is 15.2 Å². The molecule has 0 spiro atoms. The van der Waals surface area contributed by atoms with Crippen molar-refractivity contribution in [1.82, 2.24) is 15.2 Å². The zero-order chi connectivity index (χ0) is 17.1. The van der Waals surface area contributed by atoms with Gasteiger partial charge in [0, 0.05) is 24.2 Å². The lowest BCUT2D eigenvalue weighted by Gasteiger charge is -2.21. The van der Waals surface area contributed by atoms with E-state index in [0.717, 1.165) is 22.0 Å². The van der Waals surface area contributed by atoms with Crippen LogP contribution in [0.15, 0.2) is 79.1 Å². The summed E-state index contributed by atoms with van der Waals surface area (Å²) in [6.07, 6.45) is 4.17. The molecule has 0 aliphatic carbocycles. The molecular formula is C20H16N4O. The molecule has 0 fully saturated rings. The first-order chi connectivity index (χ1) is 12.3. The monoisotopic (exact) mass is 328 g/mol. The van der Waals surface area contributed by atoms with Gasteiger partial charge >= 0.3 is 0 Å². The average molecular weight is 328 g/mol. The first-order valence-electron chi connectivity index (χ1n) is 8.06. The van der Waals surface area contributed by atoms with Crippen LogP contribution >= 0.6 is 0 Å². The molecule has 2 heterocycles. The molecule has 0 saturated carbocycles. The molecule has 0 radical (unpaired) electrons. The van der Waals surface area contributed by atoms with Gasteiger partial charge in [0.1, 0.15) is 5.69 Å². The number of aromatic nitrogens is 3. The normalized spacial score (nSPS) is 12.2. The van der Waals surface area contributed by atoms with Gasteiger partial charge in [-0.3, -0.25) is 10.0 Å². The van der Waals surface area contributed by atoms with Crippen LogP contribution in [0.25, 0.3) is 10.8 Å². The van der Waals surface area contributed by atoms with Crippen molar-refractivity contribution in [1.29, 1.82) is 0 Å². The van der Waals surface area contributed by atoms with Crippen molar-refractivity contribution in [3.05, 3.63) is 95.6 Å². The molecule has 0 aliphatic rings. The standard InChI is InChI=1S/C20H16N4O/c25-24(16-6-2-1-3-7-16)20-18-9-5-4-8-17(18)19(22-23-20)14-15-10-12-21-13-11-15/h1-13,24H,14H2. The Kier molecular flexibility index (Phi) is 4.16. The van der Waals surface area contributed by atoms with Crippen molar-refractivity contribution in [3.63, 3.8) is 0 Å². The molecule has 122 valence electrons. The van der Waals surface area contributed by atoms with Crippen LogP contribution in [-0.2, 0) is 6.42 Å². The molecule has 2 aromatic heterocycles. The maximum Gasteiger partial charge on any atom is 0.258 e. The van der Waals surface area contributed by atoms with Crippen LogP contribution in [0.3, 0.4) is 0 Å². The lowest BCUT2D eigenvalue weighted by Crippen LogP contribution is -2.96. The number of fused-ring (bicyclic) bond motifs is 1. The Morgan fingerprint density at radius 2 is 1.44 bits per heavy atom. The van der Waals surface area contributed by atoms with E-state index in [9.17, 15) is 5.21 Å². The van der Waals surface area contributed by atoms with E-state index in [4.69, 9.17) is 0 Å². The number of para-hydroxylation sites is 1. The molecule has 0 aliphatic heterocycles. The van der Waals surface area contributed by atoms with Crippen LogP contribution < -0.4 is 5.06 Å². The highest BCUT2D eigenvalue weighted by atomic mass is 16.5. The molecule has 0 amide bonds. The number of quaternary nitrogens is 1. The zero-order valence-corrected chi connectivity index (χ0v) is 13.5. The Morgan fingerprint density at radius 3 is 2.20 bits per heavy atom. The van der Waals surface area contributed by atoms with E-state index in [1.165, 1.54) is 0 Å². The molecular weight excluding hydrogens is 312 g/mol. The third kappa shape index (κ3) is 3.10. The van der Waals surface area contributed by atoms with Crippen molar-refractivity contribution >= 4 is 22.3 Å². The minimum Gasteiger partial charge on any atom is -0.622 e. The van der Waals surface area contributed by atoms with E-state index in [0.29, 0.717) is 17.9 Å². The van der Waals surface area contributed by atoms with E-state index < -0.39 is 0 Å². The van der Waals surface area contributed by atoms with E-state index in [1.54, 1.807) is 24.5 Å². The molecule has 4 aromatic rings. The highest BCUT2D eigenvalue weighted by molar-refractivity contribution is 5.90. The molecule has 0 saturated heterocycles. The smallest absolute Gasteiger partial charge is 0.258 e. The molecule has 0 bridgehead atoms. The summed E-state index contributed by atoms with van der Waals surface area (Å²) < 4.78 is 0. The van der Waals surface area contributed by atoms with Gasteiger partial charge in [-0.15, -0.1) is 5.10 Å². The first-order valence-corrected chi connectivity index (χ1v) is 8.06. The molecule has 25 heavy (non-hydrogen) atoms. The van der Waals surface area contributed by atoms with Gasteiger partial charge in [0.15, 0.2) is 0 Å². The summed E-state index contributed by atoms with van der Waals surface area (Å²) in [5.74, 6) is 0.389. The number of hydrogen-bond donors (Lipinski definition) is 1. The Morgan fingerprint density at radius 1 is 0.760 bits per heavy atom. The van der Waals surface area contributed by atoms with Crippen molar-refractivity contribution in [3.8, 4) is 0 Å². The van der Waals surface area contributed by atoms with Gasteiger partial charge in [-0.25, -0.2) is 0 Å². The summed E-state index contributed by atoms with van der Waals surface area (Å²) in [7, 11) is 0. The number of rotatable bonds is 4. The quantitative estimate of drug-likeness (QED) is 0.585. The first kappa shape index (κ1) is 15.4. The van der Waals surface area contributed by atoms with Crippen molar-refractivity contribution in [2.45, 2.75) is 6.42 Å². The highest BCUT2D eigenvalue weighted by Crippen LogP contribution is 2.23. The summed E-state index contributed by atoms with van der Waals surface area (Å²) in [6, 6.07) is 20.9. The van der Waals surface area contributed by atoms with Crippen molar-refractivity contribution < 1.29 is 5.06 Å². The van der Waals surface area contributed by atoms with Crippen LogP contribution in [0, 0.1) is 5.21 Å². The Labute approximate surface area is 145 Å². The number of pyridine rings is 1. The third-order valence-electron chi connectivity index (χ3n) is 4.14. The summed E-state index contributed by atoms with van der Waals surface area (Å²) in [4.78, 5) is 4.04. The van der Waals surface area contributed by atoms with E-state index >= 15 is 0 Å². The Balaban J connectivity index is 1.79. The van der Waals surface area contributed by atoms with Gasteiger partial charge in [0.05, 0.1) is 11.1 Å². The molecule has 1 unspecified atom stereocenters. The predicted octanol–water partition coefficient (Wildman–Crippen LogP) is 2.96. The van der Waals surface area contributed by atoms with Crippen LogP contribution in [0.1, 0.15) is 11.3 Å². The molecule has 5 heteroatoms. The lowest BCUT2D eigenvalue weighted by atomic mass is 10.0. The molecule has 2 aromatic carbocycles. The van der Waals surface area contributed by atoms with Crippen LogP contribution in [0.4, 0.5) is 11.5 Å². The second kappa shape index (κ2) is 6.76. The molecule has 1 atom stereocenters.